The number of ether oxygens (including phenoxy) is 3. The lowest BCUT2D eigenvalue weighted by molar-refractivity contribution is -0.179. The van der Waals surface area contributed by atoms with Crippen LogP contribution < -0.4 is 4.90 Å². The number of carbonyl (C=O) groups is 2. The van der Waals surface area contributed by atoms with Crippen LogP contribution in [0, 0.1) is 18.8 Å². The van der Waals surface area contributed by atoms with Crippen LogP contribution in [0.25, 0.3) is 0 Å². The van der Waals surface area contributed by atoms with Crippen LogP contribution in [-0.2, 0) is 19.0 Å². The molecule has 2 saturated carbocycles. The lowest BCUT2D eigenvalue weighted by Crippen LogP contribution is -2.49. The van der Waals surface area contributed by atoms with Gasteiger partial charge in [0.05, 0.1) is 31.6 Å². The molecule has 6 nitrogen and oxygen atoms in total. The highest BCUT2D eigenvalue weighted by atomic mass is 16.7. The number of hydrogen-bond acceptors (Lipinski definition) is 5. The third kappa shape index (κ3) is 4.65. The Hall–Kier alpha value is -1.92. The largest absolute Gasteiger partial charge is 0.465 e. The quantitative estimate of drug-likeness (QED) is 0.653. The van der Waals surface area contributed by atoms with Gasteiger partial charge in [0.25, 0.3) is 0 Å². The molecule has 0 bridgehead atoms. The Morgan fingerprint density at radius 1 is 1.03 bits per heavy atom. The Kier molecular flexibility index (Phi) is 6.68. The number of amides is 1. The molecule has 0 aromatic heterocycles. The van der Waals surface area contributed by atoms with Crippen molar-refractivity contribution in [2.45, 2.75) is 77.0 Å². The van der Waals surface area contributed by atoms with Gasteiger partial charge in [-0.3, -0.25) is 4.79 Å². The summed E-state index contributed by atoms with van der Waals surface area (Å²) in [5.74, 6) is -0.0468. The highest BCUT2D eigenvalue weighted by Gasteiger charge is 2.44. The molecule has 0 atom stereocenters. The summed E-state index contributed by atoms with van der Waals surface area (Å²) in [6.45, 7) is 5.48. The topological polar surface area (TPSA) is 65.1 Å². The van der Waals surface area contributed by atoms with Crippen molar-refractivity contribution in [1.82, 2.24) is 0 Å². The van der Waals surface area contributed by atoms with Crippen LogP contribution in [0.15, 0.2) is 18.2 Å². The Morgan fingerprint density at radius 2 is 1.68 bits per heavy atom. The molecule has 4 rings (SSSR count). The Labute approximate surface area is 185 Å². The van der Waals surface area contributed by atoms with Gasteiger partial charge in [-0.25, -0.2) is 4.79 Å². The zero-order valence-electron chi connectivity index (χ0n) is 19.0. The third-order valence-corrected chi connectivity index (χ3v) is 7.32. The highest BCUT2D eigenvalue weighted by Crippen LogP contribution is 2.41. The van der Waals surface area contributed by atoms with E-state index in [1.807, 2.05) is 30.0 Å². The van der Waals surface area contributed by atoms with E-state index in [1.54, 1.807) is 0 Å². The second kappa shape index (κ2) is 9.29. The first kappa shape index (κ1) is 22.3. The summed E-state index contributed by atoms with van der Waals surface area (Å²) in [6, 6.07) is 5.74. The van der Waals surface area contributed by atoms with Crippen molar-refractivity contribution in [2.24, 2.45) is 11.8 Å². The smallest absolute Gasteiger partial charge is 0.339 e. The molecular weight excluding hydrogens is 394 g/mol. The van der Waals surface area contributed by atoms with Gasteiger partial charge in [0.2, 0.25) is 5.91 Å². The lowest BCUT2D eigenvalue weighted by Gasteiger charge is -2.42. The summed E-state index contributed by atoms with van der Waals surface area (Å²) in [5.41, 5.74) is 2.11. The maximum absolute atomic E-state index is 13.9. The van der Waals surface area contributed by atoms with E-state index in [0.717, 1.165) is 56.9 Å². The molecule has 0 unspecified atom stereocenters. The summed E-state index contributed by atoms with van der Waals surface area (Å²) in [7, 11) is 1.39. The molecule has 1 spiro atoms. The molecule has 3 fully saturated rings. The normalized spacial score (nSPS) is 26.0. The van der Waals surface area contributed by atoms with Crippen LogP contribution in [-0.4, -0.2) is 44.0 Å². The molecule has 2 aliphatic carbocycles. The van der Waals surface area contributed by atoms with Gasteiger partial charge in [0, 0.05) is 24.8 Å². The Balaban J connectivity index is 1.65. The molecular formula is C25H35NO5. The standard InChI is InChI=1S/C25H35NO5/c1-17-4-7-19(8-5-17)23(27)26(20-10-12-25(13-11-20)30-14-15-31-25)22-9-6-18(2)16-21(22)24(28)29-3/h6,9,16-17,19-20H,4-5,7-8,10-15H2,1-3H3. The number of methoxy groups -OCH3 is 1. The van der Waals surface area contributed by atoms with E-state index in [1.165, 1.54) is 7.11 Å². The number of nitrogens with zero attached hydrogens (tertiary/aromatic N) is 1. The summed E-state index contributed by atoms with van der Waals surface area (Å²) in [5, 5.41) is 0. The van der Waals surface area contributed by atoms with E-state index >= 15 is 0 Å². The number of rotatable bonds is 4. The van der Waals surface area contributed by atoms with E-state index in [4.69, 9.17) is 14.2 Å². The van der Waals surface area contributed by atoms with Crippen LogP contribution in [0.2, 0.25) is 0 Å². The molecule has 1 aromatic rings. The van der Waals surface area contributed by atoms with Crippen molar-refractivity contribution < 1.29 is 23.8 Å². The first-order valence-electron chi connectivity index (χ1n) is 11.7. The van der Waals surface area contributed by atoms with Crippen molar-refractivity contribution in [3.8, 4) is 0 Å². The number of carbonyl (C=O) groups excluding carboxylic acids is 2. The van der Waals surface area contributed by atoms with Gasteiger partial charge >= 0.3 is 5.97 Å². The van der Waals surface area contributed by atoms with Crippen molar-refractivity contribution in [2.75, 3.05) is 25.2 Å². The number of esters is 1. The third-order valence-electron chi connectivity index (χ3n) is 7.32. The average Bonchev–Trinajstić information content (AvgIpc) is 3.24. The van der Waals surface area contributed by atoms with E-state index < -0.39 is 11.8 Å². The second-order valence-corrected chi connectivity index (χ2v) is 9.52. The molecule has 1 saturated heterocycles. The lowest BCUT2D eigenvalue weighted by atomic mass is 9.81. The minimum absolute atomic E-state index is 0.0119. The molecule has 1 aliphatic heterocycles. The predicted molar refractivity (Wildman–Crippen MR) is 118 cm³/mol. The van der Waals surface area contributed by atoms with E-state index in [0.29, 0.717) is 30.4 Å². The zero-order chi connectivity index (χ0) is 22.0. The fourth-order valence-corrected chi connectivity index (χ4v) is 5.42. The van der Waals surface area contributed by atoms with Gasteiger partial charge in [-0.2, -0.15) is 0 Å². The van der Waals surface area contributed by atoms with Crippen LogP contribution >= 0.6 is 0 Å². The monoisotopic (exact) mass is 429 g/mol. The SMILES string of the molecule is COC(=O)c1cc(C)ccc1N(C(=O)C1CCC(C)CC1)C1CCC2(CC1)OCCO2. The van der Waals surface area contributed by atoms with Crippen molar-refractivity contribution >= 4 is 17.6 Å². The summed E-state index contributed by atoms with van der Waals surface area (Å²) < 4.78 is 16.9. The van der Waals surface area contributed by atoms with Gasteiger partial charge in [-0.05, 0) is 63.5 Å². The fraction of sp³-hybridized carbons (Fsp3) is 0.680. The first-order valence-corrected chi connectivity index (χ1v) is 11.7. The first-order chi connectivity index (χ1) is 14.9. The Bertz CT molecular complexity index is 798. The minimum atomic E-state index is -0.482. The second-order valence-electron chi connectivity index (χ2n) is 9.52. The predicted octanol–water partition coefficient (Wildman–Crippen LogP) is 4.63. The maximum Gasteiger partial charge on any atom is 0.339 e. The van der Waals surface area contributed by atoms with Crippen molar-refractivity contribution in [3.63, 3.8) is 0 Å². The molecule has 170 valence electrons. The molecule has 3 aliphatic rings. The van der Waals surface area contributed by atoms with Crippen LogP contribution in [0.4, 0.5) is 5.69 Å². The molecule has 1 amide bonds. The highest BCUT2D eigenvalue weighted by molar-refractivity contribution is 6.03. The van der Waals surface area contributed by atoms with E-state index in [2.05, 4.69) is 6.92 Å². The van der Waals surface area contributed by atoms with E-state index in [-0.39, 0.29) is 17.9 Å². The maximum atomic E-state index is 13.9. The number of hydrogen-bond donors (Lipinski definition) is 0. The molecule has 0 N–H and O–H groups in total. The summed E-state index contributed by atoms with van der Waals surface area (Å²) in [6.07, 6.45) is 7.12. The Morgan fingerprint density at radius 3 is 2.29 bits per heavy atom. The number of aryl methyl sites for hydroxylation is 1. The van der Waals surface area contributed by atoms with Gasteiger partial charge in [-0.1, -0.05) is 18.6 Å². The van der Waals surface area contributed by atoms with Crippen molar-refractivity contribution in [3.05, 3.63) is 29.3 Å². The fourth-order valence-electron chi connectivity index (χ4n) is 5.42. The average molecular weight is 430 g/mol. The van der Waals surface area contributed by atoms with Crippen LogP contribution in [0.5, 0.6) is 0 Å². The summed E-state index contributed by atoms with van der Waals surface area (Å²) in [4.78, 5) is 28.4. The molecule has 1 aromatic carbocycles. The molecule has 6 heteroatoms. The minimum Gasteiger partial charge on any atom is -0.465 e. The number of benzene rings is 1. The van der Waals surface area contributed by atoms with Crippen LogP contribution in [0.1, 0.15) is 74.2 Å². The van der Waals surface area contributed by atoms with Gasteiger partial charge in [0.15, 0.2) is 5.79 Å². The van der Waals surface area contributed by atoms with Gasteiger partial charge in [-0.15, -0.1) is 0 Å². The molecule has 31 heavy (non-hydrogen) atoms. The van der Waals surface area contributed by atoms with Gasteiger partial charge in [0.1, 0.15) is 0 Å². The van der Waals surface area contributed by atoms with Crippen molar-refractivity contribution in [1.29, 1.82) is 0 Å². The van der Waals surface area contributed by atoms with Crippen LogP contribution in [0.3, 0.4) is 0 Å². The van der Waals surface area contributed by atoms with E-state index in [9.17, 15) is 9.59 Å². The summed E-state index contributed by atoms with van der Waals surface area (Å²) >= 11 is 0. The zero-order valence-corrected chi connectivity index (χ0v) is 19.0. The molecule has 0 radical (unpaired) electrons. The number of anilines is 1. The van der Waals surface area contributed by atoms with Gasteiger partial charge < -0.3 is 19.1 Å². The molecule has 1 heterocycles.